The molecule has 0 heterocycles. The fourth-order valence-electron chi connectivity index (χ4n) is 1.67. The molecule has 1 N–H and O–H groups in total. The molecule has 1 rings (SSSR count). The van der Waals surface area contributed by atoms with E-state index in [2.05, 4.69) is 10.0 Å². The lowest BCUT2D eigenvalue weighted by molar-refractivity contribution is 0.0146. The molecule has 0 aromatic heterocycles. The van der Waals surface area contributed by atoms with Gasteiger partial charge in [-0.3, -0.25) is 0 Å². The molecule has 0 aliphatic heterocycles. The Balaban J connectivity index is 2.35. The second-order valence-corrected chi connectivity index (χ2v) is 4.13. The van der Waals surface area contributed by atoms with E-state index in [-0.39, 0.29) is 6.61 Å². The summed E-state index contributed by atoms with van der Waals surface area (Å²) in [5.41, 5.74) is 9.48. The van der Waals surface area contributed by atoms with Crippen LogP contribution in [0.1, 0.15) is 25.3 Å². The Morgan fingerprint density at radius 3 is 2.72 bits per heavy atom. The zero-order valence-electron chi connectivity index (χ0n) is 10.6. The highest BCUT2D eigenvalue weighted by molar-refractivity contribution is 5.13. The molecule has 0 spiro atoms. The minimum atomic E-state index is -0.746. The van der Waals surface area contributed by atoms with Gasteiger partial charge in [-0.1, -0.05) is 48.8 Å². The van der Waals surface area contributed by atoms with Gasteiger partial charge in [0.05, 0.1) is 25.4 Å². The highest BCUT2D eigenvalue weighted by Gasteiger charge is 2.16. The van der Waals surface area contributed by atoms with Crippen LogP contribution in [0.15, 0.2) is 35.4 Å². The van der Waals surface area contributed by atoms with Crippen LogP contribution in [0.4, 0.5) is 0 Å². The highest BCUT2D eigenvalue weighted by Crippen LogP contribution is 2.09. The summed E-state index contributed by atoms with van der Waals surface area (Å²) in [6.45, 7) is 2.61. The van der Waals surface area contributed by atoms with Gasteiger partial charge in [-0.25, -0.2) is 0 Å². The van der Waals surface area contributed by atoms with Gasteiger partial charge in [0.15, 0.2) is 0 Å². The zero-order chi connectivity index (χ0) is 13.2. The molecule has 2 atom stereocenters. The third kappa shape index (κ3) is 5.19. The van der Waals surface area contributed by atoms with Crippen molar-refractivity contribution in [2.75, 3.05) is 6.61 Å². The smallest absolute Gasteiger partial charge is 0.0858 e. The van der Waals surface area contributed by atoms with E-state index in [1.807, 2.05) is 37.3 Å². The van der Waals surface area contributed by atoms with E-state index in [0.29, 0.717) is 13.0 Å². The maximum absolute atomic E-state index is 9.86. The number of azide groups is 1. The van der Waals surface area contributed by atoms with Crippen molar-refractivity contribution < 1.29 is 9.84 Å². The summed E-state index contributed by atoms with van der Waals surface area (Å²) in [6, 6.07) is 9.34. The van der Waals surface area contributed by atoms with Crippen molar-refractivity contribution in [3.05, 3.63) is 46.3 Å². The van der Waals surface area contributed by atoms with Gasteiger partial charge in [-0.2, -0.15) is 0 Å². The molecule has 0 aliphatic carbocycles. The Morgan fingerprint density at radius 2 is 2.11 bits per heavy atom. The van der Waals surface area contributed by atoms with E-state index < -0.39 is 12.1 Å². The monoisotopic (exact) mass is 249 g/mol. The van der Waals surface area contributed by atoms with Gasteiger partial charge in [-0.15, -0.1) is 0 Å². The predicted molar refractivity (Wildman–Crippen MR) is 69.9 cm³/mol. The number of nitrogens with zero attached hydrogens (tertiary/aromatic N) is 3. The molecule has 0 saturated heterocycles. The summed E-state index contributed by atoms with van der Waals surface area (Å²) in [5.74, 6) is 0. The fraction of sp³-hybridized carbons (Fsp3) is 0.538. The second kappa shape index (κ2) is 8.53. The number of hydrogen-bond acceptors (Lipinski definition) is 3. The third-order valence-corrected chi connectivity index (χ3v) is 2.63. The first-order chi connectivity index (χ1) is 8.77. The van der Waals surface area contributed by atoms with Crippen LogP contribution in [-0.2, 0) is 11.3 Å². The number of aliphatic hydroxyl groups excluding tert-OH is 1. The second-order valence-electron chi connectivity index (χ2n) is 4.13. The van der Waals surface area contributed by atoms with Crippen molar-refractivity contribution in [3.8, 4) is 0 Å². The Morgan fingerprint density at radius 1 is 1.39 bits per heavy atom. The molecule has 18 heavy (non-hydrogen) atoms. The number of rotatable bonds is 8. The van der Waals surface area contributed by atoms with E-state index >= 15 is 0 Å². The van der Waals surface area contributed by atoms with E-state index in [1.54, 1.807) is 0 Å². The first-order valence-corrected chi connectivity index (χ1v) is 6.11. The maximum atomic E-state index is 9.86. The third-order valence-electron chi connectivity index (χ3n) is 2.63. The molecule has 0 amide bonds. The summed E-state index contributed by atoms with van der Waals surface area (Å²) < 4.78 is 5.42. The maximum Gasteiger partial charge on any atom is 0.0858 e. The molecule has 98 valence electrons. The van der Waals surface area contributed by atoms with Gasteiger partial charge in [0.1, 0.15) is 0 Å². The highest BCUT2D eigenvalue weighted by atomic mass is 16.5. The van der Waals surface area contributed by atoms with E-state index in [4.69, 9.17) is 10.3 Å². The zero-order valence-corrected chi connectivity index (χ0v) is 10.6. The van der Waals surface area contributed by atoms with Crippen LogP contribution in [0.3, 0.4) is 0 Å². The SMILES string of the molecule is CCC[C@@H](N=[N+]=[N-])[C@@H](O)COCc1ccccc1. The molecule has 0 unspecified atom stereocenters. The molecule has 0 fully saturated rings. The molecular formula is C13H19N3O2. The van der Waals surface area contributed by atoms with Gasteiger partial charge in [-0.05, 0) is 17.5 Å². The molecule has 5 nitrogen and oxygen atoms in total. The molecule has 5 heteroatoms. The largest absolute Gasteiger partial charge is 0.390 e. The lowest BCUT2D eigenvalue weighted by Crippen LogP contribution is -2.28. The van der Waals surface area contributed by atoms with Gasteiger partial charge in [0.25, 0.3) is 0 Å². The minimum Gasteiger partial charge on any atom is -0.390 e. The topological polar surface area (TPSA) is 78.2 Å². The first-order valence-electron chi connectivity index (χ1n) is 6.11. The quantitative estimate of drug-likeness (QED) is 0.436. The van der Waals surface area contributed by atoms with Crippen LogP contribution in [-0.4, -0.2) is 23.9 Å². The summed E-state index contributed by atoms with van der Waals surface area (Å²) >= 11 is 0. The Bertz CT molecular complexity index is 377. The van der Waals surface area contributed by atoms with Crippen LogP contribution in [0, 0.1) is 0 Å². The summed E-state index contributed by atoms with van der Waals surface area (Å²) in [6.07, 6.45) is 0.781. The average molecular weight is 249 g/mol. The van der Waals surface area contributed by atoms with Crippen LogP contribution >= 0.6 is 0 Å². The number of aliphatic hydroxyl groups is 1. The summed E-state index contributed by atoms with van der Waals surface area (Å²) in [4.78, 5) is 2.75. The van der Waals surface area contributed by atoms with E-state index in [1.165, 1.54) is 0 Å². The van der Waals surface area contributed by atoms with Crippen molar-refractivity contribution >= 4 is 0 Å². The average Bonchev–Trinajstić information content (AvgIpc) is 2.39. The lowest BCUT2D eigenvalue weighted by Gasteiger charge is -2.17. The van der Waals surface area contributed by atoms with Gasteiger partial charge < -0.3 is 9.84 Å². The molecule has 1 aromatic carbocycles. The lowest BCUT2D eigenvalue weighted by atomic mass is 10.1. The Hall–Kier alpha value is -1.55. The number of benzene rings is 1. The minimum absolute atomic E-state index is 0.179. The van der Waals surface area contributed by atoms with Crippen molar-refractivity contribution in [2.24, 2.45) is 5.11 Å². The Kier molecular flexibility index (Phi) is 6.87. The summed E-state index contributed by atoms with van der Waals surface area (Å²) in [7, 11) is 0. The van der Waals surface area contributed by atoms with Crippen molar-refractivity contribution in [2.45, 2.75) is 38.5 Å². The number of ether oxygens (including phenoxy) is 1. The van der Waals surface area contributed by atoms with Crippen LogP contribution < -0.4 is 0 Å². The first kappa shape index (κ1) is 14.5. The normalized spacial score (nSPS) is 13.7. The van der Waals surface area contributed by atoms with Gasteiger partial charge in [0, 0.05) is 4.91 Å². The van der Waals surface area contributed by atoms with Crippen molar-refractivity contribution in [1.82, 2.24) is 0 Å². The summed E-state index contributed by atoms with van der Waals surface area (Å²) in [5, 5.41) is 13.4. The standard InChI is InChI=1S/C13H19N3O2/c1-2-6-12(15-16-14)13(17)10-18-9-11-7-4-3-5-8-11/h3-5,7-8,12-13,17H,2,6,9-10H2,1H3/t12-,13+/m1/s1. The van der Waals surface area contributed by atoms with Crippen molar-refractivity contribution in [3.63, 3.8) is 0 Å². The molecule has 0 saturated carbocycles. The van der Waals surface area contributed by atoms with Crippen LogP contribution in [0.5, 0.6) is 0 Å². The van der Waals surface area contributed by atoms with Gasteiger partial charge >= 0.3 is 0 Å². The molecule has 0 aliphatic rings. The van der Waals surface area contributed by atoms with Gasteiger partial charge in [0.2, 0.25) is 0 Å². The van der Waals surface area contributed by atoms with Crippen molar-refractivity contribution in [1.29, 1.82) is 0 Å². The number of hydrogen-bond donors (Lipinski definition) is 1. The van der Waals surface area contributed by atoms with E-state index in [0.717, 1.165) is 12.0 Å². The van der Waals surface area contributed by atoms with Crippen LogP contribution in [0.25, 0.3) is 10.4 Å². The molecule has 0 bridgehead atoms. The predicted octanol–water partition coefficient (Wildman–Crippen LogP) is 3.04. The fourth-order valence-corrected chi connectivity index (χ4v) is 1.67. The van der Waals surface area contributed by atoms with Crippen LogP contribution in [0.2, 0.25) is 0 Å². The van der Waals surface area contributed by atoms with E-state index in [9.17, 15) is 5.11 Å². The molecule has 0 radical (unpaired) electrons. The molecule has 1 aromatic rings. The molecular weight excluding hydrogens is 230 g/mol. The Labute approximate surface area is 107 Å².